The van der Waals surface area contributed by atoms with Gasteiger partial charge < -0.3 is 9.47 Å². The summed E-state index contributed by atoms with van der Waals surface area (Å²) in [6.45, 7) is 7.67. The summed E-state index contributed by atoms with van der Waals surface area (Å²) < 4.78 is 11.8. The van der Waals surface area contributed by atoms with E-state index in [0.717, 1.165) is 11.1 Å². The summed E-state index contributed by atoms with van der Waals surface area (Å²) in [4.78, 5) is 0. The maximum absolute atomic E-state index is 5.92. The molecule has 1 fully saturated rings. The minimum atomic E-state index is -0.976. The smallest absolute Gasteiger partial charge is 0.305 e. The van der Waals surface area contributed by atoms with Gasteiger partial charge in [-0.2, -0.15) is 0 Å². The fourth-order valence-electron chi connectivity index (χ4n) is 2.20. The second kappa shape index (κ2) is 4.32. The molecule has 0 aliphatic carbocycles. The molecule has 2 heteroatoms. The molecule has 0 bridgehead atoms. The highest BCUT2D eigenvalue weighted by molar-refractivity contribution is 5.38. The van der Waals surface area contributed by atoms with Gasteiger partial charge in [0.25, 0.3) is 0 Å². The standard InChI is InChI=1S/C17H14O2/c1-13-14(2)19-17(18-13,15-9-5-3-6-10-15)16-11-7-4-8-12-16/h3-12H,1-2H2. The lowest BCUT2D eigenvalue weighted by Gasteiger charge is -2.27. The molecule has 0 saturated carbocycles. The number of hydrogen-bond acceptors (Lipinski definition) is 2. The van der Waals surface area contributed by atoms with Crippen molar-refractivity contribution in [2.24, 2.45) is 0 Å². The summed E-state index contributed by atoms with van der Waals surface area (Å²) in [7, 11) is 0. The zero-order chi connectivity index (χ0) is 13.3. The van der Waals surface area contributed by atoms with Crippen LogP contribution in [0.4, 0.5) is 0 Å². The lowest BCUT2D eigenvalue weighted by Crippen LogP contribution is -2.28. The molecule has 94 valence electrons. The Labute approximate surface area is 112 Å². The average Bonchev–Trinajstić information content (AvgIpc) is 2.78. The Balaban J connectivity index is 2.18. The first kappa shape index (κ1) is 11.6. The van der Waals surface area contributed by atoms with Gasteiger partial charge in [-0.3, -0.25) is 0 Å². The highest BCUT2D eigenvalue weighted by Gasteiger charge is 2.45. The van der Waals surface area contributed by atoms with E-state index < -0.39 is 5.79 Å². The zero-order valence-corrected chi connectivity index (χ0v) is 10.5. The Hall–Kier alpha value is -2.48. The van der Waals surface area contributed by atoms with Gasteiger partial charge >= 0.3 is 5.79 Å². The summed E-state index contributed by atoms with van der Waals surface area (Å²) in [6, 6.07) is 19.6. The molecule has 2 aromatic rings. The molecule has 0 radical (unpaired) electrons. The Morgan fingerprint density at radius 3 is 1.37 bits per heavy atom. The third kappa shape index (κ3) is 1.82. The monoisotopic (exact) mass is 250 g/mol. The van der Waals surface area contributed by atoms with Crippen molar-refractivity contribution in [3.05, 3.63) is 96.5 Å². The molecular formula is C17H14O2. The van der Waals surface area contributed by atoms with Crippen LogP contribution in [0.15, 0.2) is 85.3 Å². The first-order valence-corrected chi connectivity index (χ1v) is 6.09. The van der Waals surface area contributed by atoms with E-state index in [-0.39, 0.29) is 0 Å². The van der Waals surface area contributed by atoms with Crippen LogP contribution >= 0.6 is 0 Å². The Morgan fingerprint density at radius 1 is 0.632 bits per heavy atom. The van der Waals surface area contributed by atoms with Gasteiger partial charge in [0.05, 0.1) is 0 Å². The maximum Gasteiger partial charge on any atom is 0.305 e. The molecule has 0 amide bonds. The quantitative estimate of drug-likeness (QED) is 0.803. The van der Waals surface area contributed by atoms with E-state index >= 15 is 0 Å². The highest BCUT2D eigenvalue weighted by atomic mass is 16.7. The fourth-order valence-corrected chi connectivity index (χ4v) is 2.20. The number of benzene rings is 2. The molecule has 0 N–H and O–H groups in total. The first-order chi connectivity index (χ1) is 9.22. The van der Waals surface area contributed by atoms with Crippen LogP contribution < -0.4 is 0 Å². The summed E-state index contributed by atoms with van der Waals surface area (Å²) in [5.74, 6) is -0.0446. The molecule has 1 aliphatic heterocycles. The number of rotatable bonds is 2. The van der Waals surface area contributed by atoms with Gasteiger partial charge in [-0.1, -0.05) is 73.8 Å². The third-order valence-corrected chi connectivity index (χ3v) is 3.15. The van der Waals surface area contributed by atoms with E-state index in [0.29, 0.717) is 11.5 Å². The van der Waals surface area contributed by atoms with Gasteiger partial charge in [0.1, 0.15) is 0 Å². The molecule has 19 heavy (non-hydrogen) atoms. The molecular weight excluding hydrogens is 236 g/mol. The predicted octanol–water partition coefficient (Wildman–Crippen LogP) is 3.96. The highest BCUT2D eigenvalue weighted by Crippen LogP contribution is 2.45. The molecule has 0 unspecified atom stereocenters. The van der Waals surface area contributed by atoms with Crippen LogP contribution in [0.5, 0.6) is 0 Å². The lowest BCUT2D eigenvalue weighted by atomic mass is 9.97. The van der Waals surface area contributed by atoms with E-state index in [1.165, 1.54) is 0 Å². The van der Waals surface area contributed by atoms with Crippen molar-refractivity contribution >= 4 is 0 Å². The summed E-state index contributed by atoms with van der Waals surface area (Å²) in [5, 5.41) is 0. The molecule has 1 heterocycles. The van der Waals surface area contributed by atoms with E-state index in [9.17, 15) is 0 Å². The zero-order valence-electron chi connectivity index (χ0n) is 10.5. The van der Waals surface area contributed by atoms with Gasteiger partial charge in [-0.25, -0.2) is 0 Å². The van der Waals surface area contributed by atoms with Crippen molar-refractivity contribution < 1.29 is 9.47 Å². The normalized spacial score (nSPS) is 16.8. The summed E-state index contributed by atoms with van der Waals surface area (Å²) in [6.07, 6.45) is 0. The summed E-state index contributed by atoms with van der Waals surface area (Å²) >= 11 is 0. The minimum Gasteiger partial charge on any atom is -0.441 e. The van der Waals surface area contributed by atoms with Gasteiger partial charge in [-0.05, 0) is 0 Å². The van der Waals surface area contributed by atoms with Crippen molar-refractivity contribution in [3.8, 4) is 0 Å². The number of hydrogen-bond donors (Lipinski definition) is 0. The van der Waals surface area contributed by atoms with Crippen LogP contribution in [0.25, 0.3) is 0 Å². The Kier molecular flexibility index (Phi) is 2.64. The van der Waals surface area contributed by atoms with E-state index in [4.69, 9.17) is 9.47 Å². The van der Waals surface area contributed by atoms with Crippen molar-refractivity contribution in [2.75, 3.05) is 0 Å². The van der Waals surface area contributed by atoms with Gasteiger partial charge in [-0.15, -0.1) is 0 Å². The third-order valence-electron chi connectivity index (χ3n) is 3.15. The van der Waals surface area contributed by atoms with Crippen molar-refractivity contribution in [2.45, 2.75) is 5.79 Å². The van der Waals surface area contributed by atoms with Crippen LogP contribution in [0, 0.1) is 0 Å². The summed E-state index contributed by atoms with van der Waals surface area (Å²) in [5.41, 5.74) is 1.84. The minimum absolute atomic E-state index is 0.465. The second-order valence-electron chi connectivity index (χ2n) is 4.40. The lowest BCUT2D eigenvalue weighted by molar-refractivity contribution is -0.107. The van der Waals surface area contributed by atoms with Crippen LogP contribution in [0.1, 0.15) is 11.1 Å². The van der Waals surface area contributed by atoms with E-state index in [2.05, 4.69) is 13.2 Å². The topological polar surface area (TPSA) is 18.5 Å². The molecule has 1 saturated heterocycles. The molecule has 0 aromatic heterocycles. The largest absolute Gasteiger partial charge is 0.441 e. The molecule has 2 nitrogen and oxygen atoms in total. The van der Waals surface area contributed by atoms with Gasteiger partial charge in [0.2, 0.25) is 0 Å². The Bertz CT molecular complexity index is 557. The average molecular weight is 250 g/mol. The molecule has 0 atom stereocenters. The van der Waals surface area contributed by atoms with Crippen LogP contribution in [0.2, 0.25) is 0 Å². The Morgan fingerprint density at radius 2 is 1.00 bits per heavy atom. The van der Waals surface area contributed by atoms with Crippen molar-refractivity contribution in [3.63, 3.8) is 0 Å². The van der Waals surface area contributed by atoms with Gasteiger partial charge in [0, 0.05) is 11.1 Å². The van der Waals surface area contributed by atoms with E-state index in [1.807, 2.05) is 60.7 Å². The SMILES string of the molecule is C=C1OC(c2ccccc2)(c2ccccc2)OC1=C. The molecule has 3 rings (SSSR count). The van der Waals surface area contributed by atoms with Crippen LogP contribution in [0.3, 0.4) is 0 Å². The number of ether oxygens (including phenoxy) is 2. The maximum atomic E-state index is 5.92. The van der Waals surface area contributed by atoms with Crippen LogP contribution in [-0.2, 0) is 15.3 Å². The second-order valence-corrected chi connectivity index (χ2v) is 4.40. The fraction of sp³-hybridized carbons (Fsp3) is 0.0588. The first-order valence-electron chi connectivity index (χ1n) is 6.09. The predicted molar refractivity (Wildman–Crippen MR) is 74.1 cm³/mol. The molecule has 2 aromatic carbocycles. The van der Waals surface area contributed by atoms with Crippen molar-refractivity contribution in [1.82, 2.24) is 0 Å². The van der Waals surface area contributed by atoms with Crippen molar-refractivity contribution in [1.29, 1.82) is 0 Å². The molecule has 0 spiro atoms. The molecule has 1 aliphatic rings. The van der Waals surface area contributed by atoms with E-state index in [1.54, 1.807) is 0 Å². The van der Waals surface area contributed by atoms with Crippen LogP contribution in [-0.4, -0.2) is 0 Å². The van der Waals surface area contributed by atoms with Gasteiger partial charge in [0.15, 0.2) is 11.5 Å².